The topological polar surface area (TPSA) is 61.8 Å². The van der Waals surface area contributed by atoms with Gasteiger partial charge in [0.25, 0.3) is 0 Å². The van der Waals surface area contributed by atoms with Crippen LogP contribution in [0.3, 0.4) is 0 Å². The number of hydrogen-bond donors (Lipinski definition) is 2. The third-order valence-electron chi connectivity index (χ3n) is 5.34. The van der Waals surface area contributed by atoms with Gasteiger partial charge in [-0.3, -0.25) is 0 Å². The van der Waals surface area contributed by atoms with E-state index in [2.05, 4.69) is 24.4 Å². The molecule has 2 amide bonds. The maximum absolute atomic E-state index is 12.4. The first kappa shape index (κ1) is 19.6. The Morgan fingerprint density at radius 3 is 2.48 bits per heavy atom. The molecule has 5 heteroatoms. The van der Waals surface area contributed by atoms with Crippen LogP contribution in [0.5, 0.6) is 5.75 Å². The second-order valence-electron chi connectivity index (χ2n) is 7.21. The van der Waals surface area contributed by atoms with Crippen LogP contribution < -0.4 is 10.1 Å². The molecule has 1 aromatic rings. The van der Waals surface area contributed by atoms with Gasteiger partial charge in [-0.2, -0.15) is 0 Å². The van der Waals surface area contributed by atoms with Gasteiger partial charge in [0.15, 0.2) is 0 Å². The lowest BCUT2D eigenvalue weighted by molar-refractivity contribution is 0.132. The van der Waals surface area contributed by atoms with Crippen LogP contribution in [0.1, 0.15) is 44.6 Å². The van der Waals surface area contributed by atoms with E-state index in [9.17, 15) is 9.90 Å². The van der Waals surface area contributed by atoms with Gasteiger partial charge in [0.1, 0.15) is 5.75 Å². The molecule has 0 aromatic heterocycles. The van der Waals surface area contributed by atoms with Crippen molar-refractivity contribution in [2.75, 3.05) is 20.8 Å². The smallest absolute Gasteiger partial charge is 0.317 e. The summed E-state index contributed by atoms with van der Waals surface area (Å²) < 4.78 is 5.17. The fraction of sp³-hybridized carbons (Fsp3) is 0.650. The molecule has 2 N–H and O–H groups in total. The standard InChI is InChI=1S/C20H32N2O3/c1-15(4-5-16-8-12-19(25-3)13-9-16)21-20(24)22(2)18-10-6-17(14-23)7-11-18/h8-9,12-13,15,17-18,23H,4-7,10-11,14H2,1-3H3,(H,21,24). The van der Waals surface area contributed by atoms with Crippen LogP contribution in [-0.2, 0) is 6.42 Å². The molecule has 0 radical (unpaired) electrons. The number of ether oxygens (including phenoxy) is 1. The predicted molar refractivity (Wildman–Crippen MR) is 99.9 cm³/mol. The second-order valence-corrected chi connectivity index (χ2v) is 7.21. The zero-order valence-electron chi connectivity index (χ0n) is 15.7. The molecule has 0 bridgehead atoms. The molecular weight excluding hydrogens is 316 g/mol. The number of nitrogens with one attached hydrogen (secondary N) is 1. The second kappa shape index (κ2) is 9.66. The van der Waals surface area contributed by atoms with Gasteiger partial charge in [-0.15, -0.1) is 0 Å². The van der Waals surface area contributed by atoms with Crippen LogP contribution in [0.25, 0.3) is 0 Å². The average molecular weight is 348 g/mol. The summed E-state index contributed by atoms with van der Waals surface area (Å²) in [6.45, 7) is 2.32. The predicted octanol–water partition coefficient (Wildman–Crippen LogP) is 3.21. The zero-order valence-corrected chi connectivity index (χ0v) is 15.7. The van der Waals surface area contributed by atoms with E-state index in [1.807, 2.05) is 24.1 Å². The number of aliphatic hydroxyl groups excluding tert-OH is 1. The van der Waals surface area contributed by atoms with Crippen molar-refractivity contribution in [3.63, 3.8) is 0 Å². The van der Waals surface area contributed by atoms with Crippen LogP contribution in [0.2, 0.25) is 0 Å². The third-order valence-corrected chi connectivity index (χ3v) is 5.34. The number of amides is 2. The molecule has 1 aliphatic carbocycles. The van der Waals surface area contributed by atoms with E-state index in [0.29, 0.717) is 5.92 Å². The van der Waals surface area contributed by atoms with Gasteiger partial charge in [0, 0.05) is 25.7 Å². The Morgan fingerprint density at radius 2 is 1.92 bits per heavy atom. The molecule has 25 heavy (non-hydrogen) atoms. The molecule has 1 unspecified atom stereocenters. The highest BCUT2D eigenvalue weighted by atomic mass is 16.5. The fourth-order valence-corrected chi connectivity index (χ4v) is 3.44. The van der Waals surface area contributed by atoms with Crippen molar-refractivity contribution in [3.8, 4) is 5.75 Å². The van der Waals surface area contributed by atoms with Crippen LogP contribution in [0.15, 0.2) is 24.3 Å². The van der Waals surface area contributed by atoms with Crippen molar-refractivity contribution in [2.45, 2.75) is 57.5 Å². The zero-order chi connectivity index (χ0) is 18.2. The highest BCUT2D eigenvalue weighted by molar-refractivity contribution is 5.74. The number of aryl methyl sites for hydroxylation is 1. The summed E-state index contributed by atoms with van der Waals surface area (Å²) in [5.74, 6) is 1.28. The molecule has 0 aliphatic heterocycles. The quantitative estimate of drug-likeness (QED) is 0.795. The van der Waals surface area contributed by atoms with E-state index in [4.69, 9.17) is 4.74 Å². The lowest BCUT2D eigenvalue weighted by Crippen LogP contribution is -2.47. The van der Waals surface area contributed by atoms with E-state index in [0.717, 1.165) is 44.3 Å². The van der Waals surface area contributed by atoms with E-state index in [-0.39, 0.29) is 24.7 Å². The first-order valence-electron chi connectivity index (χ1n) is 9.30. The normalized spacial score (nSPS) is 21.4. The Bertz CT molecular complexity index is 524. The van der Waals surface area contributed by atoms with Crippen LogP contribution in [-0.4, -0.2) is 48.9 Å². The van der Waals surface area contributed by atoms with Gasteiger partial charge in [-0.05, 0) is 69.1 Å². The maximum Gasteiger partial charge on any atom is 0.317 e. The number of urea groups is 1. The van der Waals surface area contributed by atoms with Gasteiger partial charge in [-0.1, -0.05) is 12.1 Å². The summed E-state index contributed by atoms with van der Waals surface area (Å²) in [4.78, 5) is 14.3. The molecule has 0 saturated heterocycles. The van der Waals surface area contributed by atoms with Crippen LogP contribution >= 0.6 is 0 Å². The number of hydrogen-bond acceptors (Lipinski definition) is 3. The molecule has 1 aliphatic rings. The molecule has 0 spiro atoms. The molecule has 2 rings (SSSR count). The summed E-state index contributed by atoms with van der Waals surface area (Å²) in [5, 5.41) is 12.3. The monoisotopic (exact) mass is 348 g/mol. The van der Waals surface area contributed by atoms with E-state index < -0.39 is 0 Å². The highest BCUT2D eigenvalue weighted by Gasteiger charge is 2.26. The van der Waals surface area contributed by atoms with Gasteiger partial charge in [0.05, 0.1) is 7.11 Å². The van der Waals surface area contributed by atoms with Gasteiger partial charge in [0.2, 0.25) is 0 Å². The summed E-state index contributed by atoms with van der Waals surface area (Å²) in [7, 11) is 3.55. The average Bonchev–Trinajstić information content (AvgIpc) is 2.66. The van der Waals surface area contributed by atoms with Crippen molar-refractivity contribution < 1.29 is 14.6 Å². The van der Waals surface area contributed by atoms with E-state index in [1.54, 1.807) is 7.11 Å². The lowest BCUT2D eigenvalue weighted by atomic mass is 9.86. The third kappa shape index (κ3) is 5.92. The molecule has 1 fully saturated rings. The number of carbonyl (C=O) groups excluding carboxylic acids is 1. The molecule has 140 valence electrons. The van der Waals surface area contributed by atoms with Crippen LogP contribution in [0.4, 0.5) is 4.79 Å². The Balaban J connectivity index is 1.73. The molecule has 1 aromatic carbocycles. The minimum atomic E-state index is 0.00896. The number of benzene rings is 1. The summed E-state index contributed by atoms with van der Waals surface area (Å²) in [6, 6.07) is 8.50. The van der Waals surface area contributed by atoms with Crippen molar-refractivity contribution in [1.29, 1.82) is 0 Å². The number of methoxy groups -OCH3 is 1. The molecule has 1 atom stereocenters. The SMILES string of the molecule is COc1ccc(CCC(C)NC(=O)N(C)C2CCC(CO)CC2)cc1. The Labute approximate surface area is 151 Å². The Hall–Kier alpha value is -1.75. The minimum absolute atomic E-state index is 0.00896. The number of nitrogens with zero attached hydrogens (tertiary/aromatic N) is 1. The van der Waals surface area contributed by atoms with Crippen molar-refractivity contribution in [1.82, 2.24) is 10.2 Å². The van der Waals surface area contributed by atoms with Crippen LogP contribution in [0, 0.1) is 5.92 Å². The first-order chi connectivity index (χ1) is 12.0. The van der Waals surface area contributed by atoms with Crippen molar-refractivity contribution in [2.24, 2.45) is 5.92 Å². The van der Waals surface area contributed by atoms with E-state index >= 15 is 0 Å². The largest absolute Gasteiger partial charge is 0.497 e. The maximum atomic E-state index is 12.4. The summed E-state index contributed by atoms with van der Waals surface area (Å²) in [6.07, 6.45) is 5.81. The highest BCUT2D eigenvalue weighted by Crippen LogP contribution is 2.26. The number of carbonyl (C=O) groups is 1. The summed E-state index contributed by atoms with van der Waals surface area (Å²) >= 11 is 0. The number of aliphatic hydroxyl groups is 1. The molecule has 0 heterocycles. The molecule has 5 nitrogen and oxygen atoms in total. The Kier molecular flexibility index (Phi) is 7.56. The van der Waals surface area contributed by atoms with Crippen molar-refractivity contribution in [3.05, 3.63) is 29.8 Å². The molecule has 1 saturated carbocycles. The fourth-order valence-electron chi connectivity index (χ4n) is 3.44. The Morgan fingerprint density at radius 1 is 1.28 bits per heavy atom. The first-order valence-corrected chi connectivity index (χ1v) is 9.30. The van der Waals surface area contributed by atoms with Gasteiger partial charge in [-0.25, -0.2) is 4.79 Å². The minimum Gasteiger partial charge on any atom is -0.497 e. The van der Waals surface area contributed by atoms with E-state index in [1.165, 1.54) is 5.56 Å². The lowest BCUT2D eigenvalue weighted by Gasteiger charge is -2.34. The number of rotatable bonds is 7. The van der Waals surface area contributed by atoms with Crippen molar-refractivity contribution >= 4 is 6.03 Å². The molecular formula is C20H32N2O3. The summed E-state index contributed by atoms with van der Waals surface area (Å²) in [5.41, 5.74) is 1.25. The van der Waals surface area contributed by atoms with Gasteiger partial charge < -0.3 is 20.1 Å². The van der Waals surface area contributed by atoms with Gasteiger partial charge >= 0.3 is 6.03 Å².